The molecule has 0 unspecified atom stereocenters. The van der Waals surface area contributed by atoms with Gasteiger partial charge >= 0.3 is 0 Å². The number of aromatic amines is 1. The number of anilines is 1. The SMILES string of the molecule is Clc1ccc(NCc2cccnc2)cc1-c1ccnc2[nH]c(C3=CCNC3)cc12. The molecule has 0 aliphatic carbocycles. The fraction of sp³-hybridized carbons (Fsp3) is 0.130. The molecule has 144 valence electrons. The number of rotatable bonds is 5. The monoisotopic (exact) mass is 401 g/mol. The predicted molar refractivity (Wildman–Crippen MR) is 119 cm³/mol. The molecule has 6 heteroatoms. The summed E-state index contributed by atoms with van der Waals surface area (Å²) in [6, 6.07) is 14.2. The molecule has 0 amide bonds. The van der Waals surface area contributed by atoms with Crippen molar-refractivity contribution in [1.29, 1.82) is 0 Å². The van der Waals surface area contributed by atoms with Crippen molar-refractivity contribution in [2.24, 2.45) is 0 Å². The van der Waals surface area contributed by atoms with Crippen LogP contribution in [0.2, 0.25) is 5.02 Å². The van der Waals surface area contributed by atoms with Crippen LogP contribution in [0, 0.1) is 0 Å². The van der Waals surface area contributed by atoms with Gasteiger partial charge in [0.1, 0.15) is 5.65 Å². The molecule has 3 aromatic heterocycles. The number of halogens is 1. The zero-order chi connectivity index (χ0) is 19.6. The fourth-order valence-electron chi connectivity index (χ4n) is 3.66. The Hall–Kier alpha value is -3.15. The third-order valence-corrected chi connectivity index (χ3v) is 5.49. The van der Waals surface area contributed by atoms with E-state index in [0.717, 1.165) is 52.2 Å². The third kappa shape index (κ3) is 3.62. The quantitative estimate of drug-likeness (QED) is 0.446. The molecule has 0 fully saturated rings. The van der Waals surface area contributed by atoms with Crippen LogP contribution in [0.1, 0.15) is 11.3 Å². The summed E-state index contributed by atoms with van der Waals surface area (Å²) in [5.74, 6) is 0. The van der Waals surface area contributed by atoms with Gasteiger partial charge in [-0.15, -0.1) is 0 Å². The number of pyridine rings is 2. The number of fused-ring (bicyclic) bond motifs is 1. The van der Waals surface area contributed by atoms with Crippen LogP contribution in [0.4, 0.5) is 5.69 Å². The van der Waals surface area contributed by atoms with E-state index in [4.69, 9.17) is 11.6 Å². The first kappa shape index (κ1) is 17.9. The lowest BCUT2D eigenvalue weighted by atomic mass is 10.0. The van der Waals surface area contributed by atoms with E-state index in [-0.39, 0.29) is 0 Å². The minimum absolute atomic E-state index is 0.704. The van der Waals surface area contributed by atoms with Gasteiger partial charge in [-0.3, -0.25) is 4.98 Å². The van der Waals surface area contributed by atoms with Gasteiger partial charge < -0.3 is 15.6 Å². The molecule has 0 spiro atoms. The van der Waals surface area contributed by atoms with Crippen LogP contribution >= 0.6 is 11.6 Å². The van der Waals surface area contributed by atoms with Crippen molar-refractivity contribution in [1.82, 2.24) is 20.3 Å². The predicted octanol–water partition coefficient (Wildman–Crippen LogP) is 4.88. The van der Waals surface area contributed by atoms with Crippen molar-refractivity contribution < 1.29 is 0 Å². The summed E-state index contributed by atoms with van der Waals surface area (Å²) in [5, 5.41) is 8.58. The highest BCUT2D eigenvalue weighted by molar-refractivity contribution is 6.33. The molecule has 1 aliphatic rings. The first-order valence-electron chi connectivity index (χ1n) is 9.58. The van der Waals surface area contributed by atoms with Crippen LogP contribution in [0.5, 0.6) is 0 Å². The number of benzene rings is 1. The maximum absolute atomic E-state index is 6.59. The average molecular weight is 402 g/mol. The minimum atomic E-state index is 0.704. The highest BCUT2D eigenvalue weighted by Gasteiger charge is 2.15. The Morgan fingerprint density at radius 1 is 1.07 bits per heavy atom. The zero-order valence-electron chi connectivity index (χ0n) is 15.7. The van der Waals surface area contributed by atoms with E-state index in [2.05, 4.69) is 49.9 Å². The topological polar surface area (TPSA) is 65.6 Å². The Kier molecular flexibility index (Phi) is 4.76. The minimum Gasteiger partial charge on any atom is -0.381 e. The number of hydrogen-bond donors (Lipinski definition) is 3. The van der Waals surface area contributed by atoms with Gasteiger partial charge in [0.25, 0.3) is 0 Å². The summed E-state index contributed by atoms with van der Waals surface area (Å²) in [7, 11) is 0. The lowest BCUT2D eigenvalue weighted by Crippen LogP contribution is -2.07. The van der Waals surface area contributed by atoms with E-state index >= 15 is 0 Å². The second-order valence-corrected chi connectivity index (χ2v) is 7.48. The summed E-state index contributed by atoms with van der Waals surface area (Å²) < 4.78 is 0. The first-order valence-corrected chi connectivity index (χ1v) is 9.96. The fourth-order valence-corrected chi connectivity index (χ4v) is 3.88. The molecular formula is C23H20ClN5. The van der Waals surface area contributed by atoms with Gasteiger partial charge in [0.05, 0.1) is 0 Å². The van der Waals surface area contributed by atoms with Gasteiger partial charge in [0, 0.05) is 65.6 Å². The van der Waals surface area contributed by atoms with Crippen molar-refractivity contribution >= 4 is 33.9 Å². The zero-order valence-corrected chi connectivity index (χ0v) is 16.5. The number of nitrogens with zero attached hydrogens (tertiary/aromatic N) is 2. The van der Waals surface area contributed by atoms with Crippen molar-refractivity contribution in [2.75, 3.05) is 18.4 Å². The van der Waals surface area contributed by atoms with Crippen LogP contribution in [0.15, 0.2) is 67.1 Å². The van der Waals surface area contributed by atoms with Crippen molar-refractivity contribution in [3.63, 3.8) is 0 Å². The number of aromatic nitrogens is 3. The van der Waals surface area contributed by atoms with Crippen LogP contribution in [-0.2, 0) is 6.54 Å². The van der Waals surface area contributed by atoms with Crippen molar-refractivity contribution in [3.05, 3.63) is 83.4 Å². The Bertz CT molecular complexity index is 1200. The van der Waals surface area contributed by atoms with Gasteiger partial charge in [-0.1, -0.05) is 23.7 Å². The third-order valence-electron chi connectivity index (χ3n) is 5.16. The van der Waals surface area contributed by atoms with Crippen LogP contribution in [0.25, 0.3) is 27.7 Å². The van der Waals surface area contributed by atoms with Crippen LogP contribution in [-0.4, -0.2) is 28.0 Å². The summed E-state index contributed by atoms with van der Waals surface area (Å²) in [6.07, 6.45) is 7.68. The molecule has 5 rings (SSSR count). The maximum atomic E-state index is 6.59. The Morgan fingerprint density at radius 3 is 2.86 bits per heavy atom. The molecule has 4 aromatic rings. The largest absolute Gasteiger partial charge is 0.381 e. The van der Waals surface area contributed by atoms with Crippen LogP contribution in [0.3, 0.4) is 0 Å². The number of H-pyrrole nitrogens is 1. The molecule has 5 nitrogen and oxygen atoms in total. The molecule has 1 aliphatic heterocycles. The summed E-state index contributed by atoms with van der Waals surface area (Å²) in [6.45, 7) is 2.48. The lowest BCUT2D eigenvalue weighted by molar-refractivity contribution is 0.896. The van der Waals surface area contributed by atoms with Gasteiger partial charge in [-0.25, -0.2) is 4.98 Å². The second kappa shape index (κ2) is 7.70. The summed E-state index contributed by atoms with van der Waals surface area (Å²) in [5.41, 5.74) is 7.44. The highest BCUT2D eigenvalue weighted by atomic mass is 35.5. The smallest absolute Gasteiger partial charge is 0.138 e. The standard InChI is InChI=1S/C23H20ClN5/c24-21-4-3-17(28-13-15-2-1-7-25-12-15)10-19(21)18-6-9-27-23-20(18)11-22(29-23)16-5-8-26-14-16/h1-7,9-12,26,28H,8,13-14H2,(H,27,29). The molecule has 4 heterocycles. The van der Waals surface area contributed by atoms with Crippen LogP contribution < -0.4 is 10.6 Å². The van der Waals surface area contributed by atoms with Gasteiger partial charge in [-0.05, 0) is 53.1 Å². The second-order valence-electron chi connectivity index (χ2n) is 7.07. The van der Waals surface area contributed by atoms with E-state index in [9.17, 15) is 0 Å². The summed E-state index contributed by atoms with van der Waals surface area (Å²) >= 11 is 6.59. The molecule has 3 N–H and O–H groups in total. The Morgan fingerprint density at radius 2 is 2.03 bits per heavy atom. The van der Waals surface area contributed by atoms with Gasteiger partial charge in [0.2, 0.25) is 0 Å². The van der Waals surface area contributed by atoms with Gasteiger partial charge in [-0.2, -0.15) is 0 Å². The lowest BCUT2D eigenvalue weighted by Gasteiger charge is -2.11. The molecule has 0 saturated carbocycles. The van der Waals surface area contributed by atoms with E-state index in [1.807, 2.05) is 36.7 Å². The molecular weight excluding hydrogens is 382 g/mol. The Balaban J connectivity index is 1.50. The summed E-state index contributed by atoms with van der Waals surface area (Å²) in [4.78, 5) is 12.1. The van der Waals surface area contributed by atoms with E-state index in [1.54, 1.807) is 6.20 Å². The normalized spacial score (nSPS) is 13.6. The van der Waals surface area contributed by atoms with E-state index in [1.165, 1.54) is 5.57 Å². The van der Waals surface area contributed by atoms with Crippen molar-refractivity contribution in [2.45, 2.75) is 6.54 Å². The molecule has 29 heavy (non-hydrogen) atoms. The maximum Gasteiger partial charge on any atom is 0.138 e. The highest BCUT2D eigenvalue weighted by Crippen LogP contribution is 2.36. The molecule has 1 aromatic carbocycles. The molecule has 0 radical (unpaired) electrons. The number of nitrogens with one attached hydrogen (secondary N) is 3. The first-order chi connectivity index (χ1) is 14.3. The Labute approximate surface area is 173 Å². The van der Waals surface area contributed by atoms with E-state index in [0.29, 0.717) is 11.6 Å². The number of hydrogen-bond acceptors (Lipinski definition) is 4. The van der Waals surface area contributed by atoms with E-state index < -0.39 is 0 Å². The molecule has 0 bridgehead atoms. The van der Waals surface area contributed by atoms with Gasteiger partial charge in [0.15, 0.2) is 0 Å². The van der Waals surface area contributed by atoms with Crippen molar-refractivity contribution in [3.8, 4) is 11.1 Å². The molecule has 0 saturated heterocycles. The molecule has 0 atom stereocenters. The average Bonchev–Trinajstić information content (AvgIpc) is 3.43.